The summed E-state index contributed by atoms with van der Waals surface area (Å²) in [4.78, 5) is 36.5. The Morgan fingerprint density at radius 1 is 1.32 bits per heavy atom. The van der Waals surface area contributed by atoms with E-state index in [1.165, 1.54) is 13.5 Å². The standard InChI is InChI=1S/C15H25N3O4/c1-22-14(20)9-12-15(21)16-7-8-18(12)10-13(19)17-11-5-3-2-4-6-11/h11-12H,2-10H2,1H3,(H,16,21)(H,17,19)/p+1/t12-/m0/s1. The van der Waals surface area contributed by atoms with Crippen molar-refractivity contribution in [2.45, 2.75) is 50.6 Å². The van der Waals surface area contributed by atoms with Gasteiger partial charge in [0.05, 0.1) is 20.2 Å². The maximum absolute atomic E-state index is 12.2. The van der Waals surface area contributed by atoms with E-state index in [0.29, 0.717) is 13.1 Å². The predicted molar refractivity (Wildman–Crippen MR) is 79.1 cm³/mol. The number of carbonyl (C=O) groups is 3. The quantitative estimate of drug-likeness (QED) is 0.533. The van der Waals surface area contributed by atoms with Crippen molar-refractivity contribution in [1.29, 1.82) is 0 Å². The number of piperazine rings is 1. The summed E-state index contributed by atoms with van der Waals surface area (Å²) in [6.07, 6.45) is 5.64. The number of hydrogen-bond donors (Lipinski definition) is 3. The fraction of sp³-hybridized carbons (Fsp3) is 0.800. The average Bonchev–Trinajstić information content (AvgIpc) is 2.51. The monoisotopic (exact) mass is 312 g/mol. The highest BCUT2D eigenvalue weighted by Crippen LogP contribution is 2.17. The molecule has 124 valence electrons. The van der Waals surface area contributed by atoms with E-state index in [4.69, 9.17) is 0 Å². The topological polar surface area (TPSA) is 88.9 Å². The molecule has 1 saturated heterocycles. The van der Waals surface area contributed by atoms with E-state index in [9.17, 15) is 14.4 Å². The molecule has 0 aromatic heterocycles. The zero-order valence-corrected chi connectivity index (χ0v) is 13.2. The first-order valence-corrected chi connectivity index (χ1v) is 8.08. The van der Waals surface area contributed by atoms with Gasteiger partial charge in [-0.05, 0) is 12.8 Å². The van der Waals surface area contributed by atoms with Gasteiger partial charge in [0.15, 0.2) is 12.6 Å². The van der Waals surface area contributed by atoms with Gasteiger partial charge in [0.2, 0.25) is 0 Å². The van der Waals surface area contributed by atoms with Crippen molar-refractivity contribution in [2.75, 3.05) is 26.7 Å². The summed E-state index contributed by atoms with van der Waals surface area (Å²) in [6, 6.07) is -0.281. The summed E-state index contributed by atoms with van der Waals surface area (Å²) in [6.45, 7) is 1.40. The minimum absolute atomic E-state index is 0.00831. The van der Waals surface area contributed by atoms with Gasteiger partial charge in [-0.15, -0.1) is 0 Å². The van der Waals surface area contributed by atoms with Gasteiger partial charge in [0, 0.05) is 6.04 Å². The predicted octanol–water partition coefficient (Wildman–Crippen LogP) is -1.62. The molecule has 0 aromatic rings. The number of carbonyl (C=O) groups excluding carboxylic acids is 3. The zero-order valence-electron chi connectivity index (χ0n) is 13.2. The molecule has 2 atom stereocenters. The summed E-state index contributed by atoms with van der Waals surface area (Å²) in [5.41, 5.74) is 0. The molecule has 2 amide bonds. The number of rotatable bonds is 5. The van der Waals surface area contributed by atoms with E-state index in [-0.39, 0.29) is 30.8 Å². The zero-order chi connectivity index (χ0) is 15.9. The normalized spacial score (nSPS) is 26.1. The van der Waals surface area contributed by atoms with Crippen LogP contribution in [-0.4, -0.2) is 56.6 Å². The molecule has 3 N–H and O–H groups in total. The first-order valence-electron chi connectivity index (χ1n) is 8.08. The number of amides is 2. The lowest BCUT2D eigenvalue weighted by Crippen LogP contribution is -3.20. The summed E-state index contributed by atoms with van der Waals surface area (Å²) in [7, 11) is 1.30. The second-order valence-corrected chi connectivity index (χ2v) is 6.11. The molecule has 1 unspecified atom stereocenters. The molecule has 22 heavy (non-hydrogen) atoms. The van der Waals surface area contributed by atoms with Crippen LogP contribution in [0, 0.1) is 0 Å². The first-order chi connectivity index (χ1) is 10.6. The van der Waals surface area contributed by atoms with Crippen molar-refractivity contribution in [2.24, 2.45) is 0 Å². The van der Waals surface area contributed by atoms with Gasteiger partial charge in [-0.3, -0.25) is 14.4 Å². The molecule has 1 aliphatic carbocycles. The van der Waals surface area contributed by atoms with E-state index in [0.717, 1.165) is 30.6 Å². The Balaban J connectivity index is 1.88. The van der Waals surface area contributed by atoms with Crippen LogP contribution in [0.3, 0.4) is 0 Å². The summed E-state index contributed by atoms with van der Waals surface area (Å²) >= 11 is 0. The minimum Gasteiger partial charge on any atom is -0.469 e. The van der Waals surface area contributed by atoms with E-state index in [1.54, 1.807) is 0 Å². The van der Waals surface area contributed by atoms with E-state index < -0.39 is 12.0 Å². The lowest BCUT2D eigenvalue weighted by Gasteiger charge is -2.31. The number of quaternary nitrogens is 1. The van der Waals surface area contributed by atoms with Gasteiger partial charge < -0.3 is 20.3 Å². The number of nitrogens with one attached hydrogen (secondary N) is 3. The highest BCUT2D eigenvalue weighted by atomic mass is 16.5. The Bertz CT molecular complexity index is 421. The van der Waals surface area contributed by atoms with Crippen molar-refractivity contribution in [3.8, 4) is 0 Å². The van der Waals surface area contributed by atoms with E-state index in [2.05, 4.69) is 15.4 Å². The Kier molecular flexibility index (Phi) is 6.18. The summed E-state index contributed by atoms with van der Waals surface area (Å²) < 4.78 is 4.64. The van der Waals surface area contributed by atoms with Crippen LogP contribution in [0.15, 0.2) is 0 Å². The molecule has 1 aliphatic heterocycles. The van der Waals surface area contributed by atoms with Crippen LogP contribution in [0.5, 0.6) is 0 Å². The van der Waals surface area contributed by atoms with Crippen LogP contribution in [-0.2, 0) is 19.1 Å². The second kappa shape index (κ2) is 8.12. The van der Waals surface area contributed by atoms with Gasteiger partial charge >= 0.3 is 5.97 Å². The number of hydrogen-bond acceptors (Lipinski definition) is 4. The maximum atomic E-state index is 12.2. The van der Waals surface area contributed by atoms with Crippen molar-refractivity contribution in [3.63, 3.8) is 0 Å². The molecule has 0 bridgehead atoms. The fourth-order valence-corrected chi connectivity index (χ4v) is 3.26. The van der Waals surface area contributed by atoms with Crippen LogP contribution in [0.1, 0.15) is 38.5 Å². The van der Waals surface area contributed by atoms with E-state index in [1.807, 2.05) is 0 Å². The molecule has 7 heteroatoms. The SMILES string of the molecule is COC(=O)C[C@H]1C(=O)NCC[NH+]1CC(=O)NC1CCCCC1. The average molecular weight is 312 g/mol. The van der Waals surface area contributed by atoms with Gasteiger partial charge in [-0.25, -0.2) is 0 Å². The van der Waals surface area contributed by atoms with Gasteiger partial charge in [0.25, 0.3) is 11.8 Å². The molecule has 2 fully saturated rings. The molecule has 0 spiro atoms. The first kappa shape index (κ1) is 16.7. The third-order valence-corrected chi connectivity index (χ3v) is 4.51. The third-order valence-electron chi connectivity index (χ3n) is 4.51. The highest BCUT2D eigenvalue weighted by Gasteiger charge is 2.37. The Morgan fingerprint density at radius 2 is 2.05 bits per heavy atom. The van der Waals surface area contributed by atoms with Crippen molar-refractivity contribution >= 4 is 17.8 Å². The van der Waals surface area contributed by atoms with Crippen LogP contribution in [0.25, 0.3) is 0 Å². The summed E-state index contributed by atoms with van der Waals surface area (Å²) in [5, 5.41) is 5.81. The molecule has 0 radical (unpaired) electrons. The fourth-order valence-electron chi connectivity index (χ4n) is 3.26. The van der Waals surface area contributed by atoms with Crippen molar-refractivity contribution in [3.05, 3.63) is 0 Å². The molecule has 2 aliphatic rings. The smallest absolute Gasteiger partial charge is 0.312 e. The largest absolute Gasteiger partial charge is 0.469 e. The van der Waals surface area contributed by atoms with Crippen LogP contribution in [0.4, 0.5) is 0 Å². The molecular weight excluding hydrogens is 286 g/mol. The highest BCUT2D eigenvalue weighted by molar-refractivity contribution is 5.86. The van der Waals surface area contributed by atoms with Crippen molar-refractivity contribution in [1.82, 2.24) is 10.6 Å². The Morgan fingerprint density at radius 3 is 2.73 bits per heavy atom. The molecule has 1 saturated carbocycles. The molecule has 7 nitrogen and oxygen atoms in total. The molecule has 1 heterocycles. The third kappa shape index (κ3) is 4.69. The lowest BCUT2D eigenvalue weighted by atomic mass is 9.95. The number of methoxy groups -OCH3 is 1. The Labute approximate surface area is 130 Å². The lowest BCUT2D eigenvalue weighted by molar-refractivity contribution is -0.909. The minimum atomic E-state index is -0.543. The second-order valence-electron chi connectivity index (χ2n) is 6.11. The maximum Gasteiger partial charge on any atom is 0.312 e. The van der Waals surface area contributed by atoms with Gasteiger partial charge in [0.1, 0.15) is 6.42 Å². The number of ether oxygens (including phenoxy) is 1. The molecule has 2 rings (SSSR count). The van der Waals surface area contributed by atoms with Crippen LogP contribution < -0.4 is 15.5 Å². The Hall–Kier alpha value is -1.63. The van der Waals surface area contributed by atoms with Crippen molar-refractivity contribution < 1.29 is 24.0 Å². The van der Waals surface area contributed by atoms with Crippen LogP contribution >= 0.6 is 0 Å². The summed E-state index contributed by atoms with van der Waals surface area (Å²) in [5.74, 6) is -0.643. The van der Waals surface area contributed by atoms with E-state index >= 15 is 0 Å². The molecule has 0 aromatic carbocycles. The van der Waals surface area contributed by atoms with Gasteiger partial charge in [-0.2, -0.15) is 0 Å². The number of esters is 1. The molecular formula is C15H26N3O4+. The van der Waals surface area contributed by atoms with Crippen LogP contribution in [0.2, 0.25) is 0 Å². The van der Waals surface area contributed by atoms with Gasteiger partial charge in [-0.1, -0.05) is 19.3 Å².